The molecule has 3 aromatic rings. The molecule has 0 bridgehead atoms. The number of nitrogens with one attached hydrogen (secondary N) is 2. The highest BCUT2D eigenvalue weighted by atomic mass is 14.7. The van der Waals surface area contributed by atoms with Crippen LogP contribution < -0.4 is 0 Å². The molecule has 17 heavy (non-hydrogen) atoms. The zero-order valence-electron chi connectivity index (χ0n) is 10.1. The van der Waals surface area contributed by atoms with E-state index in [1.165, 1.54) is 27.6 Å². The van der Waals surface area contributed by atoms with Crippen LogP contribution in [-0.2, 0) is 0 Å². The minimum Gasteiger partial charge on any atom is -0.367 e. The van der Waals surface area contributed by atoms with Gasteiger partial charge in [-0.05, 0) is 40.8 Å². The molecule has 86 valence electrons. The maximum atomic E-state index is 3.33. The van der Waals surface area contributed by atoms with E-state index >= 15 is 0 Å². The Balaban J connectivity index is 2.20. The molecule has 3 rings (SSSR count). The number of fused-ring (bicyclic) bond motifs is 1. The lowest BCUT2D eigenvalue weighted by Crippen LogP contribution is -1.84. The third kappa shape index (κ3) is 1.66. The molecular formula is C15H16N2. The number of aromatic nitrogens is 2. The van der Waals surface area contributed by atoms with Crippen LogP contribution in [0.15, 0.2) is 42.9 Å². The fraction of sp³-hybridized carbons (Fsp3) is 0.200. The van der Waals surface area contributed by atoms with Crippen molar-refractivity contribution >= 4 is 10.9 Å². The average Bonchev–Trinajstić information content (AvgIpc) is 2.97. The van der Waals surface area contributed by atoms with Gasteiger partial charge in [0, 0.05) is 29.5 Å². The van der Waals surface area contributed by atoms with Crippen molar-refractivity contribution in [2.24, 2.45) is 0 Å². The summed E-state index contributed by atoms with van der Waals surface area (Å²) >= 11 is 0. The van der Waals surface area contributed by atoms with Gasteiger partial charge in [0.2, 0.25) is 0 Å². The molecule has 0 aliphatic rings. The number of rotatable bonds is 2. The summed E-state index contributed by atoms with van der Waals surface area (Å²) in [4.78, 5) is 6.43. The van der Waals surface area contributed by atoms with Gasteiger partial charge in [-0.15, -0.1) is 0 Å². The molecule has 2 heterocycles. The number of hydrogen-bond donors (Lipinski definition) is 2. The fourth-order valence-electron chi connectivity index (χ4n) is 2.30. The van der Waals surface area contributed by atoms with Gasteiger partial charge in [0.25, 0.3) is 0 Å². The highest BCUT2D eigenvalue weighted by Crippen LogP contribution is 2.29. The van der Waals surface area contributed by atoms with Crippen molar-refractivity contribution in [3.8, 4) is 11.1 Å². The molecule has 0 spiro atoms. The second-order valence-corrected chi connectivity index (χ2v) is 4.76. The monoisotopic (exact) mass is 224 g/mol. The van der Waals surface area contributed by atoms with E-state index in [1.807, 2.05) is 12.4 Å². The van der Waals surface area contributed by atoms with Crippen LogP contribution in [0.2, 0.25) is 0 Å². The van der Waals surface area contributed by atoms with Gasteiger partial charge in [0.1, 0.15) is 0 Å². The van der Waals surface area contributed by atoms with Crippen LogP contribution >= 0.6 is 0 Å². The van der Waals surface area contributed by atoms with E-state index in [0.717, 1.165) is 0 Å². The summed E-state index contributed by atoms with van der Waals surface area (Å²) in [5.74, 6) is 0.547. The van der Waals surface area contributed by atoms with Gasteiger partial charge in [-0.2, -0.15) is 0 Å². The quantitative estimate of drug-likeness (QED) is 0.651. The third-order valence-corrected chi connectivity index (χ3v) is 3.27. The molecule has 2 aromatic heterocycles. The molecule has 0 aliphatic heterocycles. The first kappa shape index (κ1) is 10.2. The van der Waals surface area contributed by atoms with Crippen molar-refractivity contribution in [2.75, 3.05) is 0 Å². The summed E-state index contributed by atoms with van der Waals surface area (Å²) < 4.78 is 0. The van der Waals surface area contributed by atoms with Gasteiger partial charge >= 0.3 is 0 Å². The molecule has 2 N–H and O–H groups in total. The van der Waals surface area contributed by atoms with Crippen LogP contribution in [0.1, 0.15) is 25.3 Å². The molecule has 0 unspecified atom stereocenters. The minimum absolute atomic E-state index is 0.547. The minimum atomic E-state index is 0.547. The highest BCUT2D eigenvalue weighted by Gasteiger charge is 2.08. The van der Waals surface area contributed by atoms with E-state index in [1.54, 1.807) is 0 Å². The molecule has 0 fully saturated rings. The SMILES string of the molecule is CC(C)c1c[nH]c2ccc(-c3cc[nH]c3)cc12. The topological polar surface area (TPSA) is 31.6 Å². The Labute approximate surface area is 101 Å². The summed E-state index contributed by atoms with van der Waals surface area (Å²) in [6.45, 7) is 4.46. The van der Waals surface area contributed by atoms with Crippen LogP contribution in [0.5, 0.6) is 0 Å². The predicted octanol–water partition coefficient (Wildman–Crippen LogP) is 4.29. The van der Waals surface area contributed by atoms with Crippen molar-refractivity contribution in [1.82, 2.24) is 9.97 Å². The lowest BCUT2D eigenvalue weighted by molar-refractivity contribution is 0.875. The Bertz CT molecular complexity index is 630. The number of aromatic amines is 2. The van der Waals surface area contributed by atoms with E-state index in [-0.39, 0.29) is 0 Å². The Kier molecular flexibility index (Phi) is 2.29. The van der Waals surface area contributed by atoms with Gasteiger partial charge in [0.15, 0.2) is 0 Å². The first-order chi connectivity index (χ1) is 8.25. The van der Waals surface area contributed by atoms with Crippen LogP contribution in [0.25, 0.3) is 22.0 Å². The Hall–Kier alpha value is -1.96. The van der Waals surface area contributed by atoms with E-state index < -0.39 is 0 Å². The largest absolute Gasteiger partial charge is 0.367 e. The maximum Gasteiger partial charge on any atom is 0.0457 e. The van der Waals surface area contributed by atoms with Crippen molar-refractivity contribution in [1.29, 1.82) is 0 Å². The zero-order chi connectivity index (χ0) is 11.8. The number of H-pyrrole nitrogens is 2. The Morgan fingerprint density at radius 2 is 1.88 bits per heavy atom. The fourth-order valence-corrected chi connectivity index (χ4v) is 2.30. The molecule has 0 saturated heterocycles. The van der Waals surface area contributed by atoms with Gasteiger partial charge in [-0.1, -0.05) is 19.9 Å². The van der Waals surface area contributed by atoms with E-state index in [2.05, 4.69) is 54.3 Å². The molecule has 0 amide bonds. The molecule has 1 aromatic carbocycles. The normalized spacial score (nSPS) is 11.5. The average molecular weight is 224 g/mol. The first-order valence-electron chi connectivity index (χ1n) is 6.00. The van der Waals surface area contributed by atoms with E-state index in [9.17, 15) is 0 Å². The summed E-state index contributed by atoms with van der Waals surface area (Å²) in [6, 6.07) is 8.68. The summed E-state index contributed by atoms with van der Waals surface area (Å²) in [5, 5.41) is 1.33. The lowest BCUT2D eigenvalue weighted by Gasteiger charge is -2.04. The lowest BCUT2D eigenvalue weighted by atomic mass is 9.99. The first-order valence-corrected chi connectivity index (χ1v) is 6.00. The number of benzene rings is 1. The summed E-state index contributed by atoms with van der Waals surface area (Å²) in [6.07, 6.45) is 6.11. The predicted molar refractivity (Wildman–Crippen MR) is 72.2 cm³/mol. The summed E-state index contributed by atoms with van der Waals surface area (Å²) in [7, 11) is 0. The molecular weight excluding hydrogens is 208 g/mol. The van der Waals surface area contributed by atoms with Gasteiger partial charge < -0.3 is 9.97 Å². The van der Waals surface area contributed by atoms with Crippen molar-refractivity contribution in [3.05, 3.63) is 48.4 Å². The van der Waals surface area contributed by atoms with Crippen LogP contribution in [0.4, 0.5) is 0 Å². The standard InChI is InChI=1S/C15H16N2/c1-10(2)14-9-17-15-4-3-11(7-13(14)15)12-5-6-16-8-12/h3-10,16-17H,1-2H3. The van der Waals surface area contributed by atoms with Gasteiger partial charge in [-0.3, -0.25) is 0 Å². The van der Waals surface area contributed by atoms with Gasteiger partial charge in [-0.25, -0.2) is 0 Å². The van der Waals surface area contributed by atoms with Crippen molar-refractivity contribution in [2.45, 2.75) is 19.8 Å². The molecule has 0 saturated carbocycles. The Morgan fingerprint density at radius 1 is 1.00 bits per heavy atom. The summed E-state index contributed by atoms with van der Waals surface area (Å²) in [5.41, 5.74) is 5.11. The van der Waals surface area contributed by atoms with Gasteiger partial charge in [0.05, 0.1) is 0 Å². The maximum absolute atomic E-state index is 3.33. The number of hydrogen-bond acceptors (Lipinski definition) is 0. The molecule has 0 atom stereocenters. The highest BCUT2D eigenvalue weighted by molar-refractivity contribution is 5.88. The molecule has 2 nitrogen and oxygen atoms in total. The third-order valence-electron chi connectivity index (χ3n) is 3.27. The van der Waals surface area contributed by atoms with Crippen molar-refractivity contribution < 1.29 is 0 Å². The second kappa shape index (κ2) is 3.81. The molecule has 2 heteroatoms. The second-order valence-electron chi connectivity index (χ2n) is 4.76. The van der Waals surface area contributed by atoms with Crippen LogP contribution in [0.3, 0.4) is 0 Å². The zero-order valence-corrected chi connectivity index (χ0v) is 10.1. The van der Waals surface area contributed by atoms with Crippen LogP contribution in [0, 0.1) is 0 Å². The Morgan fingerprint density at radius 3 is 2.59 bits per heavy atom. The van der Waals surface area contributed by atoms with E-state index in [0.29, 0.717) is 5.92 Å². The van der Waals surface area contributed by atoms with Crippen molar-refractivity contribution in [3.63, 3.8) is 0 Å². The van der Waals surface area contributed by atoms with Crippen LogP contribution in [-0.4, -0.2) is 9.97 Å². The smallest absolute Gasteiger partial charge is 0.0457 e. The van der Waals surface area contributed by atoms with E-state index in [4.69, 9.17) is 0 Å². The molecule has 0 radical (unpaired) electrons. The molecule has 0 aliphatic carbocycles.